The highest BCUT2D eigenvalue weighted by atomic mass is 79.9. The van der Waals surface area contributed by atoms with E-state index in [2.05, 4.69) is 31.2 Å². The number of nitrogens with zero attached hydrogens (tertiary/aromatic N) is 2. The maximum Gasteiger partial charge on any atom is 0.233 e. The zero-order chi connectivity index (χ0) is 20.1. The van der Waals surface area contributed by atoms with Crippen LogP contribution in [-0.4, -0.2) is 30.5 Å². The monoisotopic (exact) mass is 465 g/mol. The van der Waals surface area contributed by atoms with Crippen molar-refractivity contribution in [3.63, 3.8) is 0 Å². The summed E-state index contributed by atoms with van der Waals surface area (Å²) in [7, 11) is -3.27. The first-order chi connectivity index (χ1) is 13.3. The minimum atomic E-state index is -3.27. The number of halogens is 1. The third kappa shape index (κ3) is 5.61. The van der Waals surface area contributed by atoms with Crippen LogP contribution in [0.2, 0.25) is 0 Å². The number of hydrogen-bond acceptors (Lipinski definition) is 5. The van der Waals surface area contributed by atoms with E-state index >= 15 is 0 Å². The van der Waals surface area contributed by atoms with Crippen LogP contribution in [0.1, 0.15) is 50.0 Å². The average molecular weight is 466 g/mol. The molecule has 1 heterocycles. The molecular formula is C20H24BrN3O3S. The zero-order valence-corrected chi connectivity index (χ0v) is 18.2. The number of amides is 1. The van der Waals surface area contributed by atoms with Crippen molar-refractivity contribution in [2.24, 2.45) is 5.92 Å². The molecule has 1 amide bonds. The lowest BCUT2D eigenvalue weighted by Gasteiger charge is -2.19. The van der Waals surface area contributed by atoms with Crippen LogP contribution in [-0.2, 0) is 14.6 Å². The Morgan fingerprint density at radius 3 is 2.43 bits per heavy atom. The molecule has 150 valence electrons. The Balaban J connectivity index is 1.78. The largest absolute Gasteiger partial charge is 0.309 e. The Labute approximate surface area is 174 Å². The quantitative estimate of drug-likeness (QED) is 0.656. The van der Waals surface area contributed by atoms with Gasteiger partial charge >= 0.3 is 0 Å². The molecule has 0 bridgehead atoms. The fourth-order valence-corrected chi connectivity index (χ4v) is 4.52. The molecule has 8 heteroatoms. The molecule has 1 fully saturated rings. The second-order valence-electron chi connectivity index (χ2n) is 7.34. The van der Waals surface area contributed by atoms with Crippen molar-refractivity contribution < 1.29 is 13.2 Å². The standard InChI is InChI=1S/C20H24BrN3O3S/c1-28(26,27)16-9-7-15(8-10-16)17(11-6-14-4-2-3-5-14)20(25)24-19-13-22-18(21)12-23-19/h7-10,12-14,17H,2-6,11H2,1H3,(H,23,24,25)/t17-/m1/s1. The summed E-state index contributed by atoms with van der Waals surface area (Å²) in [5.41, 5.74) is 0.813. The van der Waals surface area contributed by atoms with Crippen LogP contribution in [0.3, 0.4) is 0 Å². The van der Waals surface area contributed by atoms with Crippen LogP contribution in [0.5, 0.6) is 0 Å². The number of carbonyl (C=O) groups excluding carboxylic acids is 1. The van der Waals surface area contributed by atoms with Gasteiger partial charge in [0.15, 0.2) is 15.7 Å². The van der Waals surface area contributed by atoms with Gasteiger partial charge in [-0.05, 0) is 52.4 Å². The minimum Gasteiger partial charge on any atom is -0.309 e. The Bertz CT molecular complexity index is 909. The van der Waals surface area contributed by atoms with Crippen molar-refractivity contribution >= 4 is 37.5 Å². The first kappa shape index (κ1) is 20.9. The Hall–Kier alpha value is -1.80. The molecule has 1 saturated carbocycles. The van der Waals surface area contributed by atoms with Gasteiger partial charge in [0.25, 0.3) is 0 Å². The summed E-state index contributed by atoms with van der Waals surface area (Å²) in [6.07, 6.45) is 10.9. The number of anilines is 1. The highest BCUT2D eigenvalue weighted by Crippen LogP contribution is 2.33. The number of rotatable bonds is 7. The molecule has 1 N–H and O–H groups in total. The first-order valence-corrected chi connectivity index (χ1v) is 12.1. The minimum absolute atomic E-state index is 0.151. The number of nitrogens with one attached hydrogen (secondary N) is 1. The van der Waals surface area contributed by atoms with Gasteiger partial charge in [0, 0.05) is 6.26 Å². The van der Waals surface area contributed by atoms with Gasteiger partial charge in [-0.25, -0.2) is 18.4 Å². The number of carbonyl (C=O) groups is 1. The third-order valence-electron chi connectivity index (χ3n) is 5.24. The first-order valence-electron chi connectivity index (χ1n) is 9.41. The van der Waals surface area contributed by atoms with E-state index in [1.54, 1.807) is 24.3 Å². The van der Waals surface area contributed by atoms with Crippen LogP contribution in [0, 0.1) is 5.92 Å². The van der Waals surface area contributed by atoms with Gasteiger partial charge in [0.05, 0.1) is 23.2 Å². The third-order valence-corrected chi connectivity index (χ3v) is 6.78. The molecule has 1 aliphatic carbocycles. The summed E-state index contributed by atoms with van der Waals surface area (Å²) in [6, 6.07) is 6.62. The molecular weight excluding hydrogens is 442 g/mol. The average Bonchev–Trinajstić information content (AvgIpc) is 3.17. The van der Waals surface area contributed by atoms with Crippen LogP contribution >= 0.6 is 15.9 Å². The molecule has 0 spiro atoms. The maximum atomic E-state index is 13.0. The van der Waals surface area contributed by atoms with E-state index in [1.807, 2.05) is 0 Å². The lowest BCUT2D eigenvalue weighted by Crippen LogP contribution is -2.22. The van der Waals surface area contributed by atoms with E-state index in [1.165, 1.54) is 44.3 Å². The summed E-state index contributed by atoms with van der Waals surface area (Å²) >= 11 is 3.23. The molecule has 6 nitrogen and oxygen atoms in total. The van der Waals surface area contributed by atoms with Crippen molar-refractivity contribution in [3.8, 4) is 0 Å². The fourth-order valence-electron chi connectivity index (χ4n) is 3.69. The van der Waals surface area contributed by atoms with Crippen molar-refractivity contribution in [3.05, 3.63) is 46.8 Å². The van der Waals surface area contributed by atoms with E-state index in [0.717, 1.165) is 18.4 Å². The van der Waals surface area contributed by atoms with Crippen molar-refractivity contribution in [1.82, 2.24) is 9.97 Å². The summed E-state index contributed by atoms with van der Waals surface area (Å²) in [5, 5.41) is 2.84. The molecule has 1 aromatic carbocycles. The molecule has 2 aromatic rings. The van der Waals surface area contributed by atoms with Crippen LogP contribution in [0.15, 0.2) is 46.2 Å². The Morgan fingerprint density at radius 1 is 1.18 bits per heavy atom. The Morgan fingerprint density at radius 2 is 1.86 bits per heavy atom. The van der Waals surface area contributed by atoms with Gasteiger partial charge in [-0.1, -0.05) is 37.8 Å². The molecule has 1 aromatic heterocycles. The normalized spacial score (nSPS) is 16.1. The van der Waals surface area contributed by atoms with Gasteiger partial charge in [-0.3, -0.25) is 4.79 Å². The zero-order valence-electron chi connectivity index (χ0n) is 15.8. The second kappa shape index (κ2) is 9.13. The highest BCUT2D eigenvalue weighted by molar-refractivity contribution is 9.10. The smallest absolute Gasteiger partial charge is 0.233 e. The van der Waals surface area contributed by atoms with Crippen molar-refractivity contribution in [2.75, 3.05) is 11.6 Å². The number of benzene rings is 1. The maximum absolute atomic E-state index is 13.0. The molecule has 0 saturated heterocycles. The summed E-state index contributed by atoms with van der Waals surface area (Å²) in [4.78, 5) is 21.5. The molecule has 1 aliphatic rings. The predicted molar refractivity (Wildman–Crippen MR) is 112 cm³/mol. The molecule has 3 rings (SSSR count). The van der Waals surface area contributed by atoms with E-state index in [0.29, 0.717) is 16.3 Å². The molecule has 28 heavy (non-hydrogen) atoms. The lowest BCUT2D eigenvalue weighted by atomic mass is 9.89. The van der Waals surface area contributed by atoms with E-state index in [9.17, 15) is 13.2 Å². The van der Waals surface area contributed by atoms with Gasteiger partial charge in [0.1, 0.15) is 4.60 Å². The topological polar surface area (TPSA) is 89.0 Å². The fraction of sp³-hybridized carbons (Fsp3) is 0.450. The van der Waals surface area contributed by atoms with Gasteiger partial charge < -0.3 is 5.32 Å². The van der Waals surface area contributed by atoms with Crippen LogP contribution in [0.25, 0.3) is 0 Å². The number of sulfone groups is 1. The molecule has 0 unspecified atom stereocenters. The SMILES string of the molecule is CS(=O)(=O)c1ccc([C@@H](CCC2CCCC2)C(=O)Nc2cnc(Br)cn2)cc1. The molecule has 0 radical (unpaired) electrons. The lowest BCUT2D eigenvalue weighted by molar-refractivity contribution is -0.117. The van der Waals surface area contributed by atoms with E-state index in [4.69, 9.17) is 0 Å². The predicted octanol–water partition coefficient (Wildman–Crippen LogP) is 4.34. The van der Waals surface area contributed by atoms with Gasteiger partial charge in [-0.15, -0.1) is 0 Å². The van der Waals surface area contributed by atoms with E-state index in [-0.39, 0.29) is 16.7 Å². The summed E-state index contributed by atoms with van der Waals surface area (Å²) in [5.74, 6) is 0.547. The highest BCUT2D eigenvalue weighted by Gasteiger charge is 2.24. The number of hydrogen-bond donors (Lipinski definition) is 1. The molecule has 1 atom stereocenters. The van der Waals surface area contributed by atoms with Crippen molar-refractivity contribution in [1.29, 1.82) is 0 Å². The van der Waals surface area contributed by atoms with Gasteiger partial charge in [-0.2, -0.15) is 0 Å². The Kier molecular flexibility index (Phi) is 6.82. The molecule has 0 aliphatic heterocycles. The van der Waals surface area contributed by atoms with E-state index < -0.39 is 9.84 Å². The van der Waals surface area contributed by atoms with Gasteiger partial charge in [0.2, 0.25) is 5.91 Å². The second-order valence-corrected chi connectivity index (χ2v) is 10.2. The number of aromatic nitrogens is 2. The van der Waals surface area contributed by atoms with Crippen molar-refractivity contribution in [2.45, 2.75) is 49.3 Å². The van der Waals surface area contributed by atoms with Crippen LogP contribution < -0.4 is 5.32 Å². The summed E-state index contributed by atoms with van der Waals surface area (Å²) in [6.45, 7) is 0. The van der Waals surface area contributed by atoms with Crippen LogP contribution in [0.4, 0.5) is 5.82 Å². The summed E-state index contributed by atoms with van der Waals surface area (Å²) < 4.78 is 24.0.